The summed E-state index contributed by atoms with van der Waals surface area (Å²) in [5.74, 6) is 1.39. The first-order valence-corrected chi connectivity index (χ1v) is 9.53. The van der Waals surface area contributed by atoms with E-state index in [1.54, 1.807) is 17.0 Å². The van der Waals surface area contributed by atoms with Crippen LogP contribution in [0.15, 0.2) is 58.8 Å². The van der Waals surface area contributed by atoms with Gasteiger partial charge in [0, 0.05) is 43.2 Å². The van der Waals surface area contributed by atoms with Crippen LogP contribution >= 0.6 is 11.8 Å². The van der Waals surface area contributed by atoms with E-state index in [4.69, 9.17) is 0 Å². The average Bonchev–Trinajstić information content (AvgIpc) is 3.04. The van der Waals surface area contributed by atoms with Gasteiger partial charge in [0.2, 0.25) is 5.16 Å². The molecule has 0 bridgehead atoms. The molecule has 3 aromatic rings. The molecule has 1 heterocycles. The molecule has 0 saturated heterocycles. The van der Waals surface area contributed by atoms with Crippen LogP contribution in [-0.2, 0) is 5.75 Å². The van der Waals surface area contributed by atoms with Gasteiger partial charge in [-0.1, -0.05) is 42.1 Å². The van der Waals surface area contributed by atoms with Gasteiger partial charge in [-0.25, -0.2) is 0 Å². The number of benzene rings is 2. The number of aromatic nitrogens is 3. The van der Waals surface area contributed by atoms with Crippen molar-refractivity contribution in [2.24, 2.45) is 5.10 Å². The maximum absolute atomic E-state index is 11.1. The Hall–Kier alpha value is -3.20. The van der Waals surface area contributed by atoms with Gasteiger partial charge in [-0.3, -0.25) is 10.1 Å². The van der Waals surface area contributed by atoms with Crippen molar-refractivity contribution >= 4 is 29.4 Å². The molecule has 0 spiro atoms. The zero-order valence-electron chi connectivity index (χ0n) is 15.8. The Morgan fingerprint density at radius 1 is 1.21 bits per heavy atom. The molecule has 0 aliphatic heterocycles. The molecule has 0 N–H and O–H groups in total. The van der Waals surface area contributed by atoms with E-state index in [9.17, 15) is 10.1 Å². The van der Waals surface area contributed by atoms with E-state index in [0.29, 0.717) is 16.5 Å². The Bertz CT molecular complexity index is 1000. The van der Waals surface area contributed by atoms with Gasteiger partial charge in [0.15, 0.2) is 5.82 Å². The molecule has 0 aliphatic rings. The number of hydrogen-bond donors (Lipinski definition) is 0. The molecule has 0 saturated carbocycles. The van der Waals surface area contributed by atoms with Crippen LogP contribution in [0.1, 0.15) is 17.0 Å². The number of rotatable bonds is 7. The van der Waals surface area contributed by atoms with E-state index in [0.717, 1.165) is 11.4 Å². The number of nitrogens with zero attached hydrogens (tertiary/aromatic N) is 6. The second-order valence-electron chi connectivity index (χ2n) is 6.26. The van der Waals surface area contributed by atoms with Gasteiger partial charge in [0.25, 0.3) is 5.69 Å². The summed E-state index contributed by atoms with van der Waals surface area (Å²) in [6.45, 7) is 1.82. The number of hydrogen-bond acceptors (Lipinski definition) is 7. The first kappa shape index (κ1) is 19.6. The van der Waals surface area contributed by atoms with Crippen LogP contribution in [0.3, 0.4) is 0 Å². The predicted octanol–water partition coefficient (Wildman–Crippen LogP) is 3.74. The van der Waals surface area contributed by atoms with E-state index in [-0.39, 0.29) is 5.69 Å². The molecular formula is C19H20N6O2S. The van der Waals surface area contributed by atoms with Crippen LogP contribution < -0.4 is 4.90 Å². The maximum atomic E-state index is 11.1. The minimum absolute atomic E-state index is 0.0196. The first-order chi connectivity index (χ1) is 13.5. The standard InChI is InChI=1S/C19H20N6O2S/c1-14-21-22-19(28-13-15-7-5-4-6-8-15)24(14)20-12-16-11-17(25(26)27)9-10-18(16)23(2)3/h4-12H,13H2,1-3H3/b20-12-. The van der Waals surface area contributed by atoms with Gasteiger partial charge in [0.05, 0.1) is 11.1 Å². The SMILES string of the molecule is Cc1nnc(SCc2ccccc2)n1/N=C\c1cc([N+](=O)[O-])ccc1N(C)C. The summed E-state index contributed by atoms with van der Waals surface area (Å²) in [6, 6.07) is 14.8. The lowest BCUT2D eigenvalue weighted by Crippen LogP contribution is -2.11. The molecule has 0 amide bonds. The van der Waals surface area contributed by atoms with Crippen molar-refractivity contribution in [1.82, 2.24) is 14.9 Å². The topological polar surface area (TPSA) is 89.4 Å². The van der Waals surface area contributed by atoms with Crippen molar-refractivity contribution in [2.45, 2.75) is 17.8 Å². The highest BCUT2D eigenvalue weighted by Crippen LogP contribution is 2.24. The lowest BCUT2D eigenvalue weighted by atomic mass is 10.1. The molecule has 1 aromatic heterocycles. The van der Waals surface area contributed by atoms with E-state index in [1.165, 1.54) is 29.5 Å². The smallest absolute Gasteiger partial charge is 0.270 e. The molecular weight excluding hydrogens is 376 g/mol. The van der Waals surface area contributed by atoms with Crippen molar-refractivity contribution < 1.29 is 4.92 Å². The summed E-state index contributed by atoms with van der Waals surface area (Å²) in [7, 11) is 3.76. The third kappa shape index (κ3) is 4.55. The highest BCUT2D eigenvalue weighted by molar-refractivity contribution is 7.98. The summed E-state index contributed by atoms with van der Waals surface area (Å²) in [4.78, 5) is 12.6. The van der Waals surface area contributed by atoms with Crippen molar-refractivity contribution in [3.05, 3.63) is 75.6 Å². The van der Waals surface area contributed by atoms with Crippen LogP contribution in [0.4, 0.5) is 11.4 Å². The summed E-state index contributed by atoms with van der Waals surface area (Å²) in [5.41, 5.74) is 2.67. The zero-order valence-corrected chi connectivity index (χ0v) is 16.6. The predicted molar refractivity (Wildman–Crippen MR) is 111 cm³/mol. The molecule has 9 heteroatoms. The van der Waals surface area contributed by atoms with Crippen molar-refractivity contribution in [3.63, 3.8) is 0 Å². The van der Waals surface area contributed by atoms with E-state index >= 15 is 0 Å². The van der Waals surface area contributed by atoms with Crippen LogP contribution in [0.2, 0.25) is 0 Å². The maximum Gasteiger partial charge on any atom is 0.270 e. The number of aryl methyl sites for hydroxylation is 1. The first-order valence-electron chi connectivity index (χ1n) is 8.54. The molecule has 0 aliphatic carbocycles. The molecule has 0 atom stereocenters. The third-order valence-electron chi connectivity index (χ3n) is 3.99. The molecule has 144 valence electrons. The van der Waals surface area contributed by atoms with Crippen molar-refractivity contribution in [3.8, 4) is 0 Å². The fraction of sp³-hybridized carbons (Fsp3) is 0.211. The van der Waals surface area contributed by atoms with Gasteiger partial charge >= 0.3 is 0 Å². The lowest BCUT2D eigenvalue weighted by molar-refractivity contribution is -0.384. The molecule has 8 nitrogen and oxygen atoms in total. The third-order valence-corrected chi connectivity index (χ3v) is 4.99. The Kier molecular flexibility index (Phi) is 6.05. The van der Waals surface area contributed by atoms with E-state index < -0.39 is 4.92 Å². The molecule has 3 rings (SSSR count). The number of thioether (sulfide) groups is 1. The number of non-ortho nitro benzene ring substituents is 1. The highest BCUT2D eigenvalue weighted by Gasteiger charge is 2.12. The second-order valence-corrected chi connectivity index (χ2v) is 7.20. The highest BCUT2D eigenvalue weighted by atomic mass is 32.2. The van der Waals surface area contributed by atoms with Crippen LogP contribution in [0, 0.1) is 17.0 Å². The lowest BCUT2D eigenvalue weighted by Gasteiger charge is -2.15. The molecule has 0 radical (unpaired) electrons. The van der Waals surface area contributed by atoms with E-state index in [2.05, 4.69) is 27.4 Å². The Morgan fingerprint density at radius 3 is 2.64 bits per heavy atom. The summed E-state index contributed by atoms with van der Waals surface area (Å²) >= 11 is 1.53. The summed E-state index contributed by atoms with van der Waals surface area (Å²) in [6.07, 6.45) is 1.60. The van der Waals surface area contributed by atoms with Crippen molar-refractivity contribution in [2.75, 3.05) is 19.0 Å². The van der Waals surface area contributed by atoms with Crippen LogP contribution in [0.5, 0.6) is 0 Å². The fourth-order valence-electron chi connectivity index (χ4n) is 2.57. The Labute approximate surface area is 167 Å². The van der Waals surface area contributed by atoms with Gasteiger partial charge in [0.1, 0.15) is 0 Å². The number of nitro benzene ring substituents is 1. The van der Waals surface area contributed by atoms with Gasteiger partial charge in [-0.2, -0.15) is 9.78 Å². The van der Waals surface area contributed by atoms with Gasteiger partial charge in [-0.15, -0.1) is 10.2 Å². The monoisotopic (exact) mass is 396 g/mol. The minimum Gasteiger partial charge on any atom is -0.377 e. The van der Waals surface area contributed by atoms with Gasteiger partial charge < -0.3 is 4.90 Å². The molecule has 0 fully saturated rings. The fourth-order valence-corrected chi connectivity index (χ4v) is 3.46. The molecule has 28 heavy (non-hydrogen) atoms. The average molecular weight is 396 g/mol. The normalized spacial score (nSPS) is 11.1. The Morgan fingerprint density at radius 2 is 1.96 bits per heavy atom. The number of nitro groups is 1. The van der Waals surface area contributed by atoms with E-state index in [1.807, 2.05) is 44.1 Å². The van der Waals surface area contributed by atoms with Gasteiger partial charge in [-0.05, 0) is 18.6 Å². The second kappa shape index (κ2) is 8.66. The molecule has 2 aromatic carbocycles. The molecule has 0 unspecified atom stereocenters. The van der Waals surface area contributed by atoms with Crippen LogP contribution in [0.25, 0.3) is 0 Å². The zero-order chi connectivity index (χ0) is 20.1. The summed E-state index contributed by atoms with van der Waals surface area (Å²) in [5, 5.41) is 24.6. The largest absolute Gasteiger partial charge is 0.377 e. The minimum atomic E-state index is -0.415. The quantitative estimate of drug-likeness (QED) is 0.262. The summed E-state index contributed by atoms with van der Waals surface area (Å²) < 4.78 is 1.64. The van der Waals surface area contributed by atoms with Crippen molar-refractivity contribution in [1.29, 1.82) is 0 Å². The Balaban J connectivity index is 1.87. The number of anilines is 1. The van der Waals surface area contributed by atoms with Crippen LogP contribution in [-0.4, -0.2) is 40.1 Å².